The average molecular weight is 289 g/mol. The van der Waals surface area contributed by atoms with Crippen molar-refractivity contribution in [2.75, 3.05) is 7.11 Å². The zero-order chi connectivity index (χ0) is 14.2. The lowest BCUT2D eigenvalue weighted by atomic mass is 9.79. The highest BCUT2D eigenvalue weighted by Gasteiger charge is 2.43. The molecule has 2 aliphatic rings. The maximum absolute atomic E-state index is 11.2. The van der Waals surface area contributed by atoms with Crippen LogP contribution in [0.25, 0.3) is 0 Å². The molecule has 106 valence electrons. The third-order valence-corrected chi connectivity index (χ3v) is 5.99. The molecule has 2 atom stereocenters. The van der Waals surface area contributed by atoms with Crippen LogP contribution in [0.1, 0.15) is 43.2 Å². The summed E-state index contributed by atoms with van der Waals surface area (Å²) in [6.45, 7) is 0. The van der Waals surface area contributed by atoms with Gasteiger partial charge in [0.15, 0.2) is 0 Å². The summed E-state index contributed by atoms with van der Waals surface area (Å²) in [6, 6.07) is 7.59. The van der Waals surface area contributed by atoms with E-state index in [0.717, 1.165) is 18.4 Å². The molecule has 1 N–H and O–H groups in total. The van der Waals surface area contributed by atoms with Gasteiger partial charge >= 0.3 is 0 Å². The molecule has 0 aliphatic carbocycles. The molecule has 3 nitrogen and oxygen atoms in total. The van der Waals surface area contributed by atoms with Crippen molar-refractivity contribution in [2.45, 2.75) is 48.2 Å². The van der Waals surface area contributed by atoms with E-state index < -0.39 is 5.60 Å². The molecule has 0 amide bonds. The van der Waals surface area contributed by atoms with Crippen molar-refractivity contribution < 1.29 is 9.84 Å². The summed E-state index contributed by atoms with van der Waals surface area (Å²) >= 11 is 2.02. The van der Waals surface area contributed by atoms with E-state index in [1.807, 2.05) is 17.8 Å². The molecule has 3 rings (SSSR count). The molecule has 1 aromatic rings. The van der Waals surface area contributed by atoms with Gasteiger partial charge in [0.25, 0.3) is 0 Å². The Balaban J connectivity index is 2.00. The Morgan fingerprint density at radius 2 is 2.05 bits per heavy atom. The van der Waals surface area contributed by atoms with E-state index >= 15 is 0 Å². The summed E-state index contributed by atoms with van der Waals surface area (Å²) in [5, 5.41) is 21.5. The molecule has 2 unspecified atom stereocenters. The van der Waals surface area contributed by atoms with E-state index in [0.29, 0.717) is 21.8 Å². The van der Waals surface area contributed by atoms with Gasteiger partial charge in [-0.25, -0.2) is 0 Å². The van der Waals surface area contributed by atoms with Crippen LogP contribution in [0.5, 0.6) is 5.75 Å². The number of nitrogens with zero attached hydrogens (tertiary/aromatic N) is 1. The lowest BCUT2D eigenvalue weighted by molar-refractivity contribution is 0.00771. The van der Waals surface area contributed by atoms with Gasteiger partial charge in [-0.1, -0.05) is 6.42 Å². The number of thioether (sulfide) groups is 1. The predicted octanol–water partition coefficient (Wildman–Crippen LogP) is 3.20. The van der Waals surface area contributed by atoms with E-state index in [4.69, 9.17) is 4.74 Å². The highest BCUT2D eigenvalue weighted by Crippen LogP contribution is 2.50. The second kappa shape index (κ2) is 5.31. The fraction of sp³-hybridized carbons (Fsp3) is 0.562. The van der Waals surface area contributed by atoms with Crippen LogP contribution < -0.4 is 4.74 Å². The smallest absolute Gasteiger partial charge is 0.119 e. The SMILES string of the molecule is COc1ccc(C#N)c(C2(O)CC3CCCC(C2)S3)c1. The summed E-state index contributed by atoms with van der Waals surface area (Å²) in [5.41, 5.74) is 0.440. The molecule has 2 saturated heterocycles. The first-order valence-corrected chi connectivity index (χ1v) is 8.05. The van der Waals surface area contributed by atoms with Gasteiger partial charge in [-0.2, -0.15) is 17.0 Å². The first-order chi connectivity index (χ1) is 9.64. The Morgan fingerprint density at radius 3 is 2.65 bits per heavy atom. The number of fused-ring (bicyclic) bond motifs is 2. The van der Waals surface area contributed by atoms with Gasteiger partial charge in [-0.05, 0) is 43.9 Å². The van der Waals surface area contributed by atoms with Crippen LogP contribution in [0.2, 0.25) is 0 Å². The van der Waals surface area contributed by atoms with Crippen molar-refractivity contribution in [1.82, 2.24) is 0 Å². The summed E-state index contributed by atoms with van der Waals surface area (Å²) in [5.74, 6) is 0.704. The summed E-state index contributed by atoms with van der Waals surface area (Å²) in [6.07, 6.45) is 5.11. The van der Waals surface area contributed by atoms with Gasteiger partial charge in [0, 0.05) is 16.1 Å². The second-order valence-corrected chi connectivity index (χ2v) is 7.38. The fourth-order valence-electron chi connectivity index (χ4n) is 3.47. The number of aliphatic hydroxyl groups is 1. The largest absolute Gasteiger partial charge is 0.497 e. The van der Waals surface area contributed by atoms with E-state index in [1.165, 1.54) is 19.3 Å². The number of benzene rings is 1. The molecule has 0 spiro atoms. The predicted molar refractivity (Wildman–Crippen MR) is 79.9 cm³/mol. The second-order valence-electron chi connectivity index (χ2n) is 5.77. The molecular weight excluding hydrogens is 270 g/mol. The van der Waals surface area contributed by atoms with E-state index in [2.05, 4.69) is 6.07 Å². The molecule has 0 aromatic heterocycles. The van der Waals surface area contributed by atoms with Gasteiger partial charge < -0.3 is 9.84 Å². The summed E-state index contributed by atoms with van der Waals surface area (Å²) in [7, 11) is 1.61. The number of nitriles is 1. The first-order valence-electron chi connectivity index (χ1n) is 7.11. The lowest BCUT2D eigenvalue weighted by Crippen LogP contribution is -2.41. The Kier molecular flexibility index (Phi) is 3.66. The van der Waals surface area contributed by atoms with Crippen molar-refractivity contribution in [3.63, 3.8) is 0 Å². The number of hydrogen-bond donors (Lipinski definition) is 1. The minimum atomic E-state index is -0.874. The quantitative estimate of drug-likeness (QED) is 0.908. The zero-order valence-corrected chi connectivity index (χ0v) is 12.4. The fourth-order valence-corrected chi connectivity index (χ4v) is 5.36. The van der Waals surface area contributed by atoms with Crippen LogP contribution in [0, 0.1) is 11.3 Å². The Hall–Kier alpha value is -1.18. The Morgan fingerprint density at radius 1 is 1.35 bits per heavy atom. The molecule has 1 aromatic carbocycles. The normalized spacial score (nSPS) is 32.5. The van der Waals surface area contributed by atoms with Gasteiger partial charge in [-0.3, -0.25) is 0 Å². The number of methoxy groups -OCH3 is 1. The molecular formula is C16H19NO2S. The number of rotatable bonds is 2. The van der Waals surface area contributed by atoms with Gasteiger partial charge in [0.05, 0.1) is 24.3 Å². The summed E-state index contributed by atoms with van der Waals surface area (Å²) < 4.78 is 5.26. The minimum absolute atomic E-state index is 0.519. The van der Waals surface area contributed by atoms with Crippen LogP contribution in [0.3, 0.4) is 0 Å². The lowest BCUT2D eigenvalue weighted by Gasteiger charge is -2.44. The standard InChI is InChI=1S/C16H19NO2S/c1-19-12-6-5-11(10-17)15(7-12)16(18)8-13-3-2-4-14(9-16)20-13/h5-7,13-14,18H,2-4,8-9H2,1H3. The maximum atomic E-state index is 11.2. The zero-order valence-electron chi connectivity index (χ0n) is 11.6. The Bertz CT molecular complexity index is 540. The third-order valence-electron chi connectivity index (χ3n) is 4.42. The van der Waals surface area contributed by atoms with Crippen molar-refractivity contribution in [3.05, 3.63) is 29.3 Å². The van der Waals surface area contributed by atoms with Crippen molar-refractivity contribution >= 4 is 11.8 Å². The number of hydrogen-bond acceptors (Lipinski definition) is 4. The maximum Gasteiger partial charge on any atom is 0.119 e. The topological polar surface area (TPSA) is 53.2 Å². The molecule has 0 radical (unpaired) electrons. The minimum Gasteiger partial charge on any atom is -0.497 e. The molecule has 2 bridgehead atoms. The molecule has 0 saturated carbocycles. The van der Waals surface area contributed by atoms with Crippen molar-refractivity contribution in [2.24, 2.45) is 0 Å². The van der Waals surface area contributed by atoms with Crippen LogP contribution >= 0.6 is 11.8 Å². The summed E-state index contributed by atoms with van der Waals surface area (Å²) in [4.78, 5) is 0. The van der Waals surface area contributed by atoms with Crippen LogP contribution in [0.15, 0.2) is 18.2 Å². The van der Waals surface area contributed by atoms with E-state index in [-0.39, 0.29) is 0 Å². The first kappa shape index (κ1) is 13.8. The van der Waals surface area contributed by atoms with E-state index in [9.17, 15) is 10.4 Å². The van der Waals surface area contributed by atoms with E-state index in [1.54, 1.807) is 19.2 Å². The number of ether oxygens (including phenoxy) is 1. The highest BCUT2D eigenvalue weighted by molar-refractivity contribution is 8.00. The Labute approximate surface area is 123 Å². The van der Waals surface area contributed by atoms with Crippen LogP contribution in [0.4, 0.5) is 0 Å². The third kappa shape index (κ3) is 2.41. The van der Waals surface area contributed by atoms with Gasteiger partial charge in [0.2, 0.25) is 0 Å². The molecule has 2 aliphatic heterocycles. The van der Waals surface area contributed by atoms with Crippen LogP contribution in [-0.2, 0) is 5.60 Å². The highest BCUT2D eigenvalue weighted by atomic mass is 32.2. The van der Waals surface area contributed by atoms with Gasteiger partial charge in [0.1, 0.15) is 5.75 Å². The average Bonchev–Trinajstić information content (AvgIpc) is 2.46. The monoisotopic (exact) mass is 289 g/mol. The molecule has 20 heavy (non-hydrogen) atoms. The van der Waals surface area contributed by atoms with Crippen LogP contribution in [-0.4, -0.2) is 22.7 Å². The molecule has 2 fully saturated rings. The molecule has 4 heteroatoms. The van der Waals surface area contributed by atoms with Crippen molar-refractivity contribution in [3.8, 4) is 11.8 Å². The van der Waals surface area contributed by atoms with Crippen molar-refractivity contribution in [1.29, 1.82) is 5.26 Å². The van der Waals surface area contributed by atoms with Gasteiger partial charge in [-0.15, -0.1) is 0 Å². The molecule has 2 heterocycles.